The van der Waals surface area contributed by atoms with Crippen LogP contribution >= 0.6 is 0 Å². The molecule has 0 aliphatic carbocycles. The summed E-state index contributed by atoms with van der Waals surface area (Å²) in [5.74, 6) is -10.0. The molecule has 0 heterocycles. The van der Waals surface area contributed by atoms with Gasteiger partial charge in [0.1, 0.15) is 12.1 Å². The van der Waals surface area contributed by atoms with Crippen LogP contribution < -0.4 is 92.9 Å². The number of amides is 5. The molecule has 0 aromatic heterocycles. The molecule has 0 fully saturated rings. The highest BCUT2D eigenvalue weighted by Crippen LogP contribution is 2.15. The lowest BCUT2D eigenvalue weighted by molar-refractivity contribution is -0.135. The van der Waals surface area contributed by atoms with Gasteiger partial charge in [0.25, 0.3) is 0 Å². The van der Waals surface area contributed by atoms with Crippen LogP contribution in [0.5, 0.6) is 0 Å². The molecular formula is C49H87N17O9. The van der Waals surface area contributed by atoms with Crippen LogP contribution in [0.4, 0.5) is 0 Å². The molecule has 23 N–H and O–H groups in total. The highest BCUT2D eigenvalue weighted by atomic mass is 16.2. The number of rotatable bonds is 42. The quantitative estimate of drug-likeness (QED) is 0.0279. The molecule has 0 aliphatic rings. The third-order valence-electron chi connectivity index (χ3n) is 11.1. The van der Waals surface area contributed by atoms with Crippen molar-refractivity contribution in [3.63, 3.8) is 0 Å². The number of hydrogen-bond acceptors (Lipinski definition) is 21. The van der Waals surface area contributed by atoms with Crippen LogP contribution in [-0.2, 0) is 43.2 Å². The molecular weight excluding hydrogens is 971 g/mol. The van der Waals surface area contributed by atoms with E-state index in [1.165, 1.54) is 13.8 Å². The third kappa shape index (κ3) is 30.0. The van der Waals surface area contributed by atoms with Crippen molar-refractivity contribution in [3.8, 4) is 0 Å². The Bertz CT molecular complexity index is 2080. The van der Waals surface area contributed by atoms with Crippen molar-refractivity contribution in [1.29, 1.82) is 0 Å². The molecule has 0 aromatic rings. The highest BCUT2D eigenvalue weighted by molar-refractivity contribution is 5.98. The van der Waals surface area contributed by atoms with E-state index in [2.05, 4.69) is 98.0 Å². The standard InChI is InChI=1S/C49H87N17O9/c1-25(2)13-35(18-56-29(7)50)46(72)62-22-39(67)14-27(5)45(71)65-40(23-60-33(11)54)43(69)17-38(21-59-32(10)53)48(74)64-28(6)42(68)15-36(19-57-30(8)51)49(75)66-41(24-61-34(12)55)44(70)16-37(20-58-31(9)52)47(73)63-26(3)4/h25-28,35-38,40-41,56-61H,7-24,50-55H2,1-6H3,(H,62,72)(H,63,73)(H,64,74)(H,65,71)(H,66,75). The Balaban J connectivity index is 6.32. The van der Waals surface area contributed by atoms with E-state index in [0.717, 1.165) is 0 Å². The van der Waals surface area contributed by atoms with E-state index in [1.54, 1.807) is 13.8 Å². The van der Waals surface area contributed by atoms with E-state index in [-0.39, 0.29) is 111 Å². The Morgan fingerprint density at radius 2 is 0.707 bits per heavy atom. The van der Waals surface area contributed by atoms with E-state index >= 15 is 0 Å². The molecule has 0 spiro atoms. The average molecular weight is 1060 g/mol. The molecule has 422 valence electrons. The molecule has 0 aliphatic heterocycles. The van der Waals surface area contributed by atoms with Gasteiger partial charge in [0.15, 0.2) is 23.1 Å². The Kier molecular flexibility index (Phi) is 30.8. The second-order valence-corrected chi connectivity index (χ2v) is 19.2. The molecule has 0 radical (unpaired) electrons. The second-order valence-electron chi connectivity index (χ2n) is 19.2. The van der Waals surface area contributed by atoms with Crippen LogP contribution in [0.15, 0.2) is 74.4 Å². The van der Waals surface area contributed by atoms with Crippen molar-refractivity contribution in [3.05, 3.63) is 74.4 Å². The van der Waals surface area contributed by atoms with Crippen LogP contribution in [0.25, 0.3) is 0 Å². The number of ketones is 4. The summed E-state index contributed by atoms with van der Waals surface area (Å²) < 4.78 is 0. The predicted molar refractivity (Wildman–Crippen MR) is 287 cm³/mol. The molecule has 26 nitrogen and oxygen atoms in total. The number of nitrogens with one attached hydrogen (secondary N) is 11. The second kappa shape index (κ2) is 34.5. The van der Waals surface area contributed by atoms with Crippen molar-refractivity contribution in [2.75, 3.05) is 45.8 Å². The fraction of sp³-hybridized carbons (Fsp3) is 0.571. The van der Waals surface area contributed by atoms with Crippen molar-refractivity contribution in [2.24, 2.45) is 69.9 Å². The van der Waals surface area contributed by atoms with Crippen molar-refractivity contribution in [2.45, 2.75) is 97.8 Å². The highest BCUT2D eigenvalue weighted by Gasteiger charge is 2.34. The fourth-order valence-corrected chi connectivity index (χ4v) is 7.04. The minimum atomic E-state index is -1.31. The van der Waals surface area contributed by atoms with Gasteiger partial charge < -0.3 is 92.9 Å². The minimum Gasteiger partial charge on any atom is -0.386 e. The summed E-state index contributed by atoms with van der Waals surface area (Å²) >= 11 is 0. The van der Waals surface area contributed by atoms with Gasteiger partial charge in [0, 0.05) is 76.9 Å². The van der Waals surface area contributed by atoms with Crippen LogP contribution in [0.1, 0.15) is 73.6 Å². The van der Waals surface area contributed by atoms with Crippen molar-refractivity contribution >= 4 is 52.7 Å². The van der Waals surface area contributed by atoms with Gasteiger partial charge in [0.2, 0.25) is 29.5 Å². The number of Topliss-reactive ketones (excluding diaryl/α,β-unsaturated/α-hetero) is 4. The van der Waals surface area contributed by atoms with Gasteiger partial charge in [-0.15, -0.1) is 0 Å². The molecule has 75 heavy (non-hydrogen) atoms. The maximum absolute atomic E-state index is 14.0. The lowest BCUT2D eigenvalue weighted by Crippen LogP contribution is -2.53. The lowest BCUT2D eigenvalue weighted by Gasteiger charge is -2.26. The molecule has 0 saturated heterocycles. The Hall–Kier alpha value is -7.93. The van der Waals surface area contributed by atoms with Crippen molar-refractivity contribution < 1.29 is 43.2 Å². The zero-order valence-corrected chi connectivity index (χ0v) is 44.6. The monoisotopic (exact) mass is 1060 g/mol. The van der Waals surface area contributed by atoms with E-state index in [0.29, 0.717) is 6.42 Å². The molecule has 8 unspecified atom stereocenters. The van der Waals surface area contributed by atoms with E-state index < -0.39 is 107 Å². The largest absolute Gasteiger partial charge is 0.386 e. The van der Waals surface area contributed by atoms with Crippen molar-refractivity contribution in [1.82, 2.24) is 58.5 Å². The maximum Gasteiger partial charge on any atom is 0.225 e. The first kappa shape index (κ1) is 67.1. The van der Waals surface area contributed by atoms with Crippen LogP contribution in [0.2, 0.25) is 0 Å². The molecule has 0 saturated carbocycles. The molecule has 0 bridgehead atoms. The fourth-order valence-electron chi connectivity index (χ4n) is 7.04. The smallest absolute Gasteiger partial charge is 0.225 e. The van der Waals surface area contributed by atoms with Gasteiger partial charge >= 0.3 is 0 Å². The minimum absolute atomic E-state index is 0.0202. The Morgan fingerprint density at radius 3 is 1.08 bits per heavy atom. The van der Waals surface area contributed by atoms with Crippen LogP contribution in [-0.4, -0.2) is 123 Å². The molecule has 0 rings (SSSR count). The van der Waals surface area contributed by atoms with Gasteiger partial charge in [-0.3, -0.25) is 43.2 Å². The van der Waals surface area contributed by atoms with Gasteiger partial charge in [-0.25, -0.2) is 0 Å². The zero-order valence-electron chi connectivity index (χ0n) is 44.6. The topological polar surface area (TPSA) is 442 Å². The summed E-state index contributed by atoms with van der Waals surface area (Å²) in [5, 5.41) is 29.6. The van der Waals surface area contributed by atoms with Gasteiger partial charge in [-0.1, -0.05) is 60.2 Å². The summed E-state index contributed by atoms with van der Waals surface area (Å²) in [7, 11) is 0. The van der Waals surface area contributed by atoms with Gasteiger partial charge in [0.05, 0.1) is 71.2 Å². The van der Waals surface area contributed by atoms with E-state index in [4.69, 9.17) is 34.4 Å². The first-order valence-corrected chi connectivity index (χ1v) is 24.5. The SMILES string of the molecule is C=C(N)NCC(CC(C)C)C(=O)NCC(=O)CC(C)C(=O)NC(CNC(=C)N)C(=O)CC(CNC(=C)N)C(=O)NC(C)C(=O)CC(CNC(=C)N)C(=O)NC(CNC(=C)N)C(=O)CC(CNC(=C)N)C(=O)NC(C)C. The molecule has 0 aromatic carbocycles. The number of hydrogen-bond donors (Lipinski definition) is 17. The zero-order chi connectivity index (χ0) is 57.7. The van der Waals surface area contributed by atoms with Gasteiger partial charge in [-0.05, 0) is 33.1 Å². The number of carbonyl (C=O) groups is 9. The van der Waals surface area contributed by atoms with Crippen LogP contribution in [0, 0.1) is 35.5 Å². The number of carbonyl (C=O) groups excluding carboxylic acids is 9. The van der Waals surface area contributed by atoms with Gasteiger partial charge in [-0.2, -0.15) is 0 Å². The summed E-state index contributed by atoms with van der Waals surface area (Å²) in [6.45, 7) is 30.5. The van der Waals surface area contributed by atoms with Crippen LogP contribution in [0.3, 0.4) is 0 Å². The Morgan fingerprint density at radius 1 is 0.373 bits per heavy atom. The summed E-state index contributed by atoms with van der Waals surface area (Å²) in [4.78, 5) is 122. The molecule has 26 heteroatoms. The molecule has 5 amide bonds. The summed E-state index contributed by atoms with van der Waals surface area (Å²) in [5.41, 5.74) is 34.2. The predicted octanol–water partition coefficient (Wildman–Crippen LogP) is -3.80. The first-order chi connectivity index (χ1) is 34.8. The maximum atomic E-state index is 14.0. The molecule has 8 atom stereocenters. The number of nitrogens with two attached hydrogens (primary N) is 6. The summed E-state index contributed by atoms with van der Waals surface area (Å²) in [6.07, 6.45) is -1.17. The lowest BCUT2D eigenvalue weighted by atomic mass is 9.94. The average Bonchev–Trinajstić information content (AvgIpc) is 3.29. The third-order valence-corrected chi connectivity index (χ3v) is 11.1. The Labute approximate surface area is 441 Å². The summed E-state index contributed by atoms with van der Waals surface area (Å²) in [6, 6.07) is -4.12. The first-order valence-electron chi connectivity index (χ1n) is 24.5. The normalized spacial score (nSPS) is 14.0. The van der Waals surface area contributed by atoms with E-state index in [9.17, 15) is 43.2 Å². The van der Waals surface area contributed by atoms with E-state index in [1.807, 2.05) is 13.8 Å².